The van der Waals surface area contributed by atoms with E-state index in [1.807, 2.05) is 0 Å². The number of hydrogen-bond acceptors (Lipinski definition) is 2. The fourth-order valence-electron chi connectivity index (χ4n) is 4.03. The maximum atomic E-state index is 5.84. The Morgan fingerprint density at radius 3 is 2.33 bits per heavy atom. The van der Waals surface area contributed by atoms with Gasteiger partial charge in [-0.2, -0.15) is 0 Å². The van der Waals surface area contributed by atoms with Crippen molar-refractivity contribution < 1.29 is 0 Å². The van der Waals surface area contributed by atoms with Gasteiger partial charge in [0.05, 0.1) is 4.99 Å². The van der Waals surface area contributed by atoms with Gasteiger partial charge >= 0.3 is 0 Å². The minimum Gasteiger partial charge on any atom is -0.392 e. The summed E-state index contributed by atoms with van der Waals surface area (Å²) >= 11 is 5.19. The fourth-order valence-corrected chi connectivity index (χ4v) is 4.18. The molecule has 2 unspecified atom stereocenters. The van der Waals surface area contributed by atoms with E-state index in [0.29, 0.717) is 4.99 Å². The van der Waals surface area contributed by atoms with Crippen LogP contribution >= 0.6 is 12.2 Å². The van der Waals surface area contributed by atoms with Crippen molar-refractivity contribution >= 4 is 17.2 Å². The number of hydrogen-bond donors (Lipinski definition) is 1. The molecule has 0 saturated heterocycles. The molecular formula is C15H28N2S. The molecule has 2 fully saturated rings. The number of thiocarbonyl (C=S) groups is 1. The summed E-state index contributed by atoms with van der Waals surface area (Å²) in [6, 6.07) is 1.50. The molecule has 0 bridgehead atoms. The summed E-state index contributed by atoms with van der Waals surface area (Å²) in [5, 5.41) is 0. The van der Waals surface area contributed by atoms with E-state index in [4.69, 9.17) is 18.0 Å². The molecule has 2 N–H and O–H groups in total. The topological polar surface area (TPSA) is 29.3 Å². The van der Waals surface area contributed by atoms with Crippen LogP contribution in [-0.4, -0.2) is 28.5 Å². The van der Waals surface area contributed by atoms with Crippen LogP contribution in [0, 0.1) is 5.92 Å². The molecule has 0 aromatic carbocycles. The molecule has 0 aromatic rings. The predicted octanol–water partition coefficient (Wildman–Crippen LogP) is 3.49. The maximum absolute atomic E-state index is 5.84. The molecule has 0 heterocycles. The van der Waals surface area contributed by atoms with Crippen LogP contribution in [0.2, 0.25) is 0 Å². The van der Waals surface area contributed by atoms with Gasteiger partial charge in [-0.1, -0.05) is 51.2 Å². The van der Waals surface area contributed by atoms with Gasteiger partial charge < -0.3 is 5.73 Å². The van der Waals surface area contributed by atoms with Crippen molar-refractivity contribution in [2.24, 2.45) is 11.7 Å². The largest absolute Gasteiger partial charge is 0.392 e. The quantitative estimate of drug-likeness (QED) is 0.774. The first-order valence-corrected chi connectivity index (χ1v) is 8.17. The Kier molecular flexibility index (Phi) is 5.43. The zero-order chi connectivity index (χ0) is 13.0. The highest BCUT2D eigenvalue weighted by Gasteiger charge is 2.34. The Morgan fingerprint density at radius 1 is 1.11 bits per heavy atom. The highest BCUT2D eigenvalue weighted by atomic mass is 32.1. The van der Waals surface area contributed by atoms with E-state index in [-0.39, 0.29) is 0 Å². The lowest BCUT2D eigenvalue weighted by atomic mass is 9.81. The molecule has 3 heteroatoms. The Morgan fingerprint density at radius 2 is 1.72 bits per heavy atom. The van der Waals surface area contributed by atoms with Crippen molar-refractivity contribution in [2.45, 2.75) is 76.8 Å². The van der Waals surface area contributed by atoms with Gasteiger partial charge in [0, 0.05) is 18.6 Å². The summed E-state index contributed by atoms with van der Waals surface area (Å²) in [7, 11) is 0. The summed E-state index contributed by atoms with van der Waals surface area (Å²) in [6.45, 7) is 3.19. The molecule has 0 aliphatic heterocycles. The van der Waals surface area contributed by atoms with Crippen LogP contribution in [0.25, 0.3) is 0 Å². The molecule has 0 spiro atoms. The lowest BCUT2D eigenvalue weighted by Gasteiger charge is -2.43. The summed E-state index contributed by atoms with van der Waals surface area (Å²) in [5.41, 5.74) is 5.84. The van der Waals surface area contributed by atoms with E-state index in [2.05, 4.69) is 11.8 Å². The summed E-state index contributed by atoms with van der Waals surface area (Å²) in [6.07, 6.45) is 12.4. The summed E-state index contributed by atoms with van der Waals surface area (Å²) < 4.78 is 0. The standard InChI is InChI=1S/C15H28N2S/c1-2-12-7-3-6-10-14(12)17(11-15(16)18)13-8-4-5-9-13/h12-14H,2-11H2,1H3,(H2,16,18). The molecule has 0 radical (unpaired) electrons. The lowest BCUT2D eigenvalue weighted by Crippen LogP contribution is -2.50. The third-order valence-corrected chi connectivity index (χ3v) is 5.08. The third-order valence-electron chi connectivity index (χ3n) is 4.95. The van der Waals surface area contributed by atoms with Crippen LogP contribution in [0.15, 0.2) is 0 Å². The molecule has 2 saturated carbocycles. The van der Waals surface area contributed by atoms with Crippen LogP contribution in [0.1, 0.15) is 64.7 Å². The van der Waals surface area contributed by atoms with Crippen LogP contribution < -0.4 is 5.73 Å². The van der Waals surface area contributed by atoms with Crippen LogP contribution in [0.5, 0.6) is 0 Å². The normalized spacial score (nSPS) is 29.9. The molecule has 2 rings (SSSR count). The minimum absolute atomic E-state index is 0.683. The zero-order valence-electron chi connectivity index (χ0n) is 11.7. The number of nitrogens with two attached hydrogens (primary N) is 1. The summed E-state index contributed by atoms with van der Waals surface area (Å²) in [4.78, 5) is 3.37. The number of nitrogens with zero attached hydrogens (tertiary/aromatic N) is 1. The average molecular weight is 268 g/mol. The van der Waals surface area contributed by atoms with Gasteiger partial charge in [-0.15, -0.1) is 0 Å². The molecule has 2 nitrogen and oxygen atoms in total. The molecule has 104 valence electrons. The molecular weight excluding hydrogens is 240 g/mol. The molecule has 2 aliphatic rings. The Bertz CT molecular complexity index is 274. The van der Waals surface area contributed by atoms with E-state index in [1.165, 1.54) is 57.8 Å². The second kappa shape index (κ2) is 6.85. The van der Waals surface area contributed by atoms with Gasteiger partial charge in [0.25, 0.3) is 0 Å². The zero-order valence-corrected chi connectivity index (χ0v) is 12.6. The highest BCUT2D eigenvalue weighted by Crippen LogP contribution is 2.35. The van der Waals surface area contributed by atoms with Crippen molar-refractivity contribution in [1.29, 1.82) is 0 Å². The monoisotopic (exact) mass is 268 g/mol. The molecule has 2 atom stereocenters. The number of rotatable bonds is 5. The minimum atomic E-state index is 0.683. The van der Waals surface area contributed by atoms with E-state index in [0.717, 1.165) is 24.5 Å². The van der Waals surface area contributed by atoms with Gasteiger partial charge in [0.1, 0.15) is 0 Å². The summed E-state index contributed by atoms with van der Waals surface area (Å²) in [5.74, 6) is 0.869. The first-order chi connectivity index (χ1) is 8.72. The maximum Gasteiger partial charge on any atom is 0.0870 e. The average Bonchev–Trinajstić information content (AvgIpc) is 2.89. The Hall–Kier alpha value is -0.150. The highest BCUT2D eigenvalue weighted by molar-refractivity contribution is 7.80. The van der Waals surface area contributed by atoms with Gasteiger partial charge in [0.2, 0.25) is 0 Å². The Labute approximate surface area is 117 Å². The SMILES string of the molecule is CCC1CCCCC1N(CC(N)=S)C1CCCC1. The van der Waals surface area contributed by atoms with Gasteiger partial charge in [-0.25, -0.2) is 0 Å². The van der Waals surface area contributed by atoms with Crippen molar-refractivity contribution in [3.8, 4) is 0 Å². The van der Waals surface area contributed by atoms with Crippen molar-refractivity contribution in [3.05, 3.63) is 0 Å². The second-order valence-electron chi connectivity index (χ2n) is 6.10. The first-order valence-electron chi connectivity index (χ1n) is 7.76. The molecule has 0 amide bonds. The van der Waals surface area contributed by atoms with E-state index in [1.54, 1.807) is 0 Å². The van der Waals surface area contributed by atoms with Crippen LogP contribution in [0.3, 0.4) is 0 Å². The van der Waals surface area contributed by atoms with Gasteiger partial charge in [0.15, 0.2) is 0 Å². The van der Waals surface area contributed by atoms with E-state index in [9.17, 15) is 0 Å². The lowest BCUT2D eigenvalue weighted by molar-refractivity contribution is 0.0780. The predicted molar refractivity (Wildman–Crippen MR) is 81.8 cm³/mol. The smallest absolute Gasteiger partial charge is 0.0870 e. The van der Waals surface area contributed by atoms with Gasteiger partial charge in [-0.3, -0.25) is 4.90 Å². The molecule has 2 aliphatic carbocycles. The Balaban J connectivity index is 2.07. The van der Waals surface area contributed by atoms with E-state index >= 15 is 0 Å². The van der Waals surface area contributed by atoms with Crippen LogP contribution in [0.4, 0.5) is 0 Å². The fraction of sp³-hybridized carbons (Fsp3) is 0.933. The molecule has 0 aromatic heterocycles. The van der Waals surface area contributed by atoms with Crippen molar-refractivity contribution in [2.75, 3.05) is 6.54 Å². The third kappa shape index (κ3) is 3.45. The van der Waals surface area contributed by atoms with E-state index < -0.39 is 0 Å². The van der Waals surface area contributed by atoms with Crippen molar-refractivity contribution in [1.82, 2.24) is 4.90 Å². The molecule has 18 heavy (non-hydrogen) atoms. The first kappa shape index (κ1) is 14.3. The van der Waals surface area contributed by atoms with Gasteiger partial charge in [-0.05, 0) is 31.6 Å². The second-order valence-corrected chi connectivity index (χ2v) is 6.62. The van der Waals surface area contributed by atoms with Crippen molar-refractivity contribution in [3.63, 3.8) is 0 Å². The van der Waals surface area contributed by atoms with Crippen LogP contribution in [-0.2, 0) is 0 Å².